The van der Waals surface area contributed by atoms with Gasteiger partial charge in [-0.25, -0.2) is 4.39 Å². The third-order valence-electron chi connectivity index (χ3n) is 2.82. The molecule has 0 aliphatic carbocycles. The highest BCUT2D eigenvalue weighted by Crippen LogP contribution is 2.38. The van der Waals surface area contributed by atoms with Crippen molar-refractivity contribution in [1.29, 1.82) is 0 Å². The molecule has 2 rings (SSSR count). The predicted molar refractivity (Wildman–Crippen MR) is 88.8 cm³/mol. The van der Waals surface area contributed by atoms with E-state index >= 15 is 0 Å². The Morgan fingerprint density at radius 1 is 1.11 bits per heavy atom. The molecule has 5 heteroatoms. The fourth-order valence-electron chi connectivity index (χ4n) is 1.82. The molecule has 0 N–H and O–H groups in total. The Kier molecular flexibility index (Phi) is 5.09. The zero-order valence-electron chi connectivity index (χ0n) is 9.85. The Bertz CT molecular complexity index is 628. The first-order valence-electron chi connectivity index (χ1n) is 5.44. The minimum absolute atomic E-state index is 0.230. The summed E-state index contributed by atoms with van der Waals surface area (Å²) >= 11 is 16.2. The van der Waals surface area contributed by atoms with E-state index in [4.69, 9.17) is 11.6 Å². The third-order valence-corrected chi connectivity index (χ3v) is 5.49. The number of rotatable bonds is 2. The number of hydrogen-bond acceptors (Lipinski definition) is 0. The van der Waals surface area contributed by atoms with Crippen molar-refractivity contribution >= 4 is 59.4 Å². The Balaban J connectivity index is 2.49. The molecule has 0 spiro atoms. The van der Waals surface area contributed by atoms with Gasteiger partial charge in [-0.3, -0.25) is 0 Å². The van der Waals surface area contributed by atoms with Crippen LogP contribution in [0.2, 0.25) is 5.02 Å². The molecular weight excluding hydrogens is 462 g/mol. The average Bonchev–Trinajstić information content (AvgIpc) is 2.33. The van der Waals surface area contributed by atoms with Crippen LogP contribution in [0.4, 0.5) is 4.39 Å². The van der Waals surface area contributed by atoms with Gasteiger partial charge in [-0.2, -0.15) is 0 Å². The standard InChI is InChI=1S/C14H9Br3ClF/c1-7-4-8(15)2-3-9(7)14(17)10-5-12(18)11(16)6-13(10)19/h2-6,14H,1H3. The summed E-state index contributed by atoms with van der Waals surface area (Å²) in [5, 5.41) is 0.496. The summed E-state index contributed by atoms with van der Waals surface area (Å²) in [7, 11) is 0. The van der Waals surface area contributed by atoms with Gasteiger partial charge in [0, 0.05) is 14.5 Å². The highest BCUT2D eigenvalue weighted by Gasteiger charge is 2.18. The topological polar surface area (TPSA) is 0 Å². The first-order chi connectivity index (χ1) is 8.90. The molecule has 100 valence electrons. The lowest BCUT2D eigenvalue weighted by molar-refractivity contribution is 0.612. The number of aryl methyl sites for hydroxylation is 1. The van der Waals surface area contributed by atoms with Gasteiger partial charge < -0.3 is 0 Å². The van der Waals surface area contributed by atoms with Crippen LogP contribution in [0.5, 0.6) is 0 Å². The van der Waals surface area contributed by atoms with Gasteiger partial charge in [0.2, 0.25) is 0 Å². The number of halogens is 5. The van der Waals surface area contributed by atoms with Crippen LogP contribution in [0, 0.1) is 12.7 Å². The predicted octanol–water partition coefficient (Wildman–Crippen LogP) is 6.80. The molecule has 0 heterocycles. The molecule has 0 amide bonds. The van der Waals surface area contributed by atoms with Crippen LogP contribution in [-0.2, 0) is 0 Å². The highest BCUT2D eigenvalue weighted by atomic mass is 79.9. The van der Waals surface area contributed by atoms with E-state index in [0.29, 0.717) is 15.1 Å². The molecule has 0 aliphatic heterocycles. The minimum Gasteiger partial charge on any atom is -0.207 e. The molecule has 0 saturated heterocycles. The van der Waals surface area contributed by atoms with Gasteiger partial charge in [-0.1, -0.05) is 49.5 Å². The molecule has 0 bridgehead atoms. The maximum Gasteiger partial charge on any atom is 0.129 e. The van der Waals surface area contributed by atoms with E-state index in [0.717, 1.165) is 15.6 Å². The monoisotopic (exact) mass is 468 g/mol. The fraction of sp³-hybridized carbons (Fsp3) is 0.143. The minimum atomic E-state index is -0.291. The van der Waals surface area contributed by atoms with Crippen molar-refractivity contribution in [3.8, 4) is 0 Å². The summed E-state index contributed by atoms with van der Waals surface area (Å²) in [6, 6.07) is 8.94. The quantitative estimate of drug-likeness (QED) is 0.334. The second-order valence-electron chi connectivity index (χ2n) is 4.15. The van der Waals surface area contributed by atoms with Gasteiger partial charge in [-0.15, -0.1) is 0 Å². The summed E-state index contributed by atoms with van der Waals surface area (Å²) in [5.41, 5.74) is 2.62. The van der Waals surface area contributed by atoms with Crippen molar-refractivity contribution in [3.63, 3.8) is 0 Å². The average molecular weight is 471 g/mol. The summed E-state index contributed by atoms with van der Waals surface area (Å²) in [6.45, 7) is 1.99. The molecule has 1 unspecified atom stereocenters. The maximum absolute atomic E-state index is 14.0. The van der Waals surface area contributed by atoms with Gasteiger partial charge in [0.25, 0.3) is 0 Å². The lowest BCUT2D eigenvalue weighted by Gasteiger charge is -2.15. The van der Waals surface area contributed by atoms with Crippen LogP contribution in [-0.4, -0.2) is 0 Å². The Labute approximate surface area is 141 Å². The molecule has 0 nitrogen and oxygen atoms in total. The molecule has 2 aromatic rings. The van der Waals surface area contributed by atoms with Crippen LogP contribution in [0.3, 0.4) is 0 Å². The molecular formula is C14H9Br3ClF. The summed E-state index contributed by atoms with van der Waals surface area (Å²) in [4.78, 5) is -0.230. The maximum atomic E-state index is 14.0. The van der Waals surface area contributed by atoms with Crippen molar-refractivity contribution in [2.45, 2.75) is 11.8 Å². The van der Waals surface area contributed by atoms with Crippen LogP contribution in [0.1, 0.15) is 21.5 Å². The Morgan fingerprint density at radius 2 is 1.79 bits per heavy atom. The highest BCUT2D eigenvalue weighted by molar-refractivity contribution is 9.11. The fourth-order valence-corrected chi connectivity index (χ4v) is 3.65. The zero-order valence-corrected chi connectivity index (χ0v) is 15.4. The summed E-state index contributed by atoms with van der Waals surface area (Å²) in [5.74, 6) is -0.291. The largest absolute Gasteiger partial charge is 0.207 e. The van der Waals surface area contributed by atoms with Crippen LogP contribution >= 0.6 is 59.4 Å². The molecule has 0 radical (unpaired) electrons. The Morgan fingerprint density at radius 3 is 2.42 bits per heavy atom. The zero-order chi connectivity index (χ0) is 14.2. The SMILES string of the molecule is Cc1cc(Br)ccc1C(Br)c1cc(Cl)c(Br)cc1F. The van der Waals surface area contributed by atoms with Gasteiger partial charge in [-0.05, 0) is 58.2 Å². The summed E-state index contributed by atoms with van der Waals surface area (Å²) < 4.78 is 15.6. The number of benzene rings is 2. The van der Waals surface area contributed by atoms with E-state index in [1.54, 1.807) is 6.07 Å². The van der Waals surface area contributed by atoms with Crippen LogP contribution < -0.4 is 0 Å². The second-order valence-corrected chi connectivity index (χ2v) is 7.24. The smallest absolute Gasteiger partial charge is 0.129 e. The molecule has 0 saturated carbocycles. The van der Waals surface area contributed by atoms with Crippen molar-refractivity contribution in [2.75, 3.05) is 0 Å². The van der Waals surface area contributed by atoms with Gasteiger partial charge in [0.15, 0.2) is 0 Å². The third kappa shape index (κ3) is 3.41. The number of hydrogen-bond donors (Lipinski definition) is 0. The summed E-state index contributed by atoms with van der Waals surface area (Å²) in [6.07, 6.45) is 0. The molecule has 1 atom stereocenters. The van der Waals surface area contributed by atoms with Crippen LogP contribution in [0.15, 0.2) is 39.3 Å². The first-order valence-corrected chi connectivity index (χ1v) is 8.32. The van der Waals surface area contributed by atoms with Gasteiger partial charge in [0.1, 0.15) is 5.82 Å². The molecule has 0 aliphatic rings. The van der Waals surface area contributed by atoms with E-state index in [2.05, 4.69) is 47.8 Å². The van der Waals surface area contributed by atoms with E-state index < -0.39 is 0 Å². The number of alkyl halides is 1. The lowest BCUT2D eigenvalue weighted by Crippen LogP contribution is -1.99. The Hall–Kier alpha value is 0.1000. The van der Waals surface area contributed by atoms with Crippen molar-refractivity contribution in [3.05, 3.63) is 66.8 Å². The lowest BCUT2D eigenvalue weighted by atomic mass is 10.0. The van der Waals surface area contributed by atoms with E-state index in [-0.39, 0.29) is 10.6 Å². The van der Waals surface area contributed by atoms with Crippen molar-refractivity contribution in [1.82, 2.24) is 0 Å². The molecule has 0 fully saturated rings. The second kappa shape index (κ2) is 6.25. The van der Waals surface area contributed by atoms with E-state index in [9.17, 15) is 4.39 Å². The van der Waals surface area contributed by atoms with E-state index in [1.807, 2.05) is 25.1 Å². The van der Waals surface area contributed by atoms with Crippen LogP contribution in [0.25, 0.3) is 0 Å². The molecule has 2 aromatic carbocycles. The molecule has 0 aromatic heterocycles. The van der Waals surface area contributed by atoms with Crippen molar-refractivity contribution < 1.29 is 4.39 Å². The normalized spacial score (nSPS) is 12.5. The van der Waals surface area contributed by atoms with E-state index in [1.165, 1.54) is 6.07 Å². The van der Waals surface area contributed by atoms with Gasteiger partial charge >= 0.3 is 0 Å². The molecule has 19 heavy (non-hydrogen) atoms. The first kappa shape index (κ1) is 15.5. The van der Waals surface area contributed by atoms with Crippen molar-refractivity contribution in [2.24, 2.45) is 0 Å². The van der Waals surface area contributed by atoms with Gasteiger partial charge in [0.05, 0.1) is 9.85 Å².